The minimum atomic E-state index is -0.603. The van der Waals surface area contributed by atoms with Gasteiger partial charge in [-0.1, -0.05) is 6.07 Å². The lowest BCUT2D eigenvalue weighted by Gasteiger charge is -2.34. The molecule has 1 aromatic carbocycles. The first-order chi connectivity index (χ1) is 9.66. The summed E-state index contributed by atoms with van der Waals surface area (Å²) in [7, 11) is 0. The molecule has 1 atom stereocenters. The SMILES string of the molecule is NC(=O)C1CNCCN1C(=O)c1ccc2cn[nH]c2c1. The molecule has 104 valence electrons. The van der Waals surface area contributed by atoms with Crippen LogP contribution < -0.4 is 11.1 Å². The lowest BCUT2D eigenvalue weighted by atomic mass is 10.1. The Hall–Kier alpha value is -2.41. The van der Waals surface area contributed by atoms with E-state index in [4.69, 9.17) is 5.73 Å². The molecule has 3 rings (SSSR count). The van der Waals surface area contributed by atoms with Gasteiger partial charge >= 0.3 is 0 Å². The summed E-state index contributed by atoms with van der Waals surface area (Å²) in [6.45, 7) is 1.52. The number of aromatic nitrogens is 2. The Bertz CT molecular complexity index is 666. The number of amides is 2. The predicted molar refractivity (Wildman–Crippen MR) is 73.0 cm³/mol. The van der Waals surface area contributed by atoms with E-state index in [-0.39, 0.29) is 5.91 Å². The second-order valence-electron chi connectivity index (χ2n) is 4.79. The Morgan fingerprint density at radius 3 is 3.05 bits per heavy atom. The molecule has 7 nitrogen and oxygen atoms in total. The van der Waals surface area contributed by atoms with Gasteiger partial charge in [0.05, 0.1) is 11.7 Å². The Kier molecular flexibility index (Phi) is 3.11. The van der Waals surface area contributed by atoms with Gasteiger partial charge in [0, 0.05) is 30.6 Å². The van der Waals surface area contributed by atoms with Crippen LogP contribution in [-0.2, 0) is 4.79 Å². The van der Waals surface area contributed by atoms with Crippen LogP contribution in [0.3, 0.4) is 0 Å². The van der Waals surface area contributed by atoms with Gasteiger partial charge < -0.3 is 16.0 Å². The number of carbonyl (C=O) groups excluding carboxylic acids is 2. The van der Waals surface area contributed by atoms with Crippen LogP contribution in [0.25, 0.3) is 10.9 Å². The molecule has 7 heteroatoms. The lowest BCUT2D eigenvalue weighted by molar-refractivity contribution is -0.122. The molecule has 0 bridgehead atoms. The third kappa shape index (κ3) is 2.12. The molecule has 4 N–H and O–H groups in total. The summed E-state index contributed by atoms with van der Waals surface area (Å²) < 4.78 is 0. The van der Waals surface area contributed by atoms with Gasteiger partial charge in [-0.25, -0.2) is 0 Å². The summed E-state index contributed by atoms with van der Waals surface area (Å²) in [5.41, 5.74) is 6.67. The number of rotatable bonds is 2. The number of hydrogen-bond acceptors (Lipinski definition) is 4. The second kappa shape index (κ2) is 4.93. The van der Waals surface area contributed by atoms with Crippen molar-refractivity contribution in [2.75, 3.05) is 19.6 Å². The van der Waals surface area contributed by atoms with E-state index in [1.54, 1.807) is 18.3 Å². The van der Waals surface area contributed by atoms with Crippen molar-refractivity contribution < 1.29 is 9.59 Å². The third-order valence-electron chi connectivity index (χ3n) is 3.52. The first kappa shape index (κ1) is 12.6. The van der Waals surface area contributed by atoms with Crippen molar-refractivity contribution in [3.05, 3.63) is 30.0 Å². The van der Waals surface area contributed by atoms with E-state index in [0.717, 1.165) is 10.9 Å². The Labute approximate surface area is 115 Å². The molecule has 2 amide bonds. The number of primary amides is 1. The topological polar surface area (TPSA) is 104 Å². The highest BCUT2D eigenvalue weighted by molar-refractivity contribution is 6.00. The van der Waals surface area contributed by atoms with Crippen LogP contribution in [0.5, 0.6) is 0 Å². The first-order valence-corrected chi connectivity index (χ1v) is 6.41. The first-order valence-electron chi connectivity index (χ1n) is 6.41. The van der Waals surface area contributed by atoms with Gasteiger partial charge in [-0.15, -0.1) is 0 Å². The Balaban J connectivity index is 1.91. The van der Waals surface area contributed by atoms with Crippen LogP contribution in [0.2, 0.25) is 0 Å². The predicted octanol–water partition coefficient (Wildman–Crippen LogP) is -0.538. The minimum Gasteiger partial charge on any atom is -0.368 e. The van der Waals surface area contributed by atoms with Gasteiger partial charge in [-0.3, -0.25) is 14.7 Å². The lowest BCUT2D eigenvalue weighted by Crippen LogP contribution is -2.58. The monoisotopic (exact) mass is 273 g/mol. The van der Waals surface area contributed by atoms with E-state index in [2.05, 4.69) is 15.5 Å². The van der Waals surface area contributed by atoms with Gasteiger partial charge in [0.1, 0.15) is 6.04 Å². The molecular weight excluding hydrogens is 258 g/mol. The van der Waals surface area contributed by atoms with E-state index >= 15 is 0 Å². The van der Waals surface area contributed by atoms with Gasteiger partial charge in [0.2, 0.25) is 5.91 Å². The van der Waals surface area contributed by atoms with Crippen molar-refractivity contribution in [2.45, 2.75) is 6.04 Å². The number of benzene rings is 1. The molecule has 2 aromatic rings. The molecule has 1 aliphatic heterocycles. The van der Waals surface area contributed by atoms with Crippen molar-refractivity contribution in [3.8, 4) is 0 Å². The zero-order chi connectivity index (χ0) is 14.1. The van der Waals surface area contributed by atoms with E-state index < -0.39 is 11.9 Å². The number of fused-ring (bicyclic) bond motifs is 1. The zero-order valence-electron chi connectivity index (χ0n) is 10.8. The van der Waals surface area contributed by atoms with Crippen molar-refractivity contribution in [3.63, 3.8) is 0 Å². The molecule has 0 saturated carbocycles. The van der Waals surface area contributed by atoms with Crippen LogP contribution >= 0.6 is 0 Å². The molecule has 1 aromatic heterocycles. The normalized spacial score (nSPS) is 19.2. The van der Waals surface area contributed by atoms with Crippen LogP contribution in [0, 0.1) is 0 Å². The fraction of sp³-hybridized carbons (Fsp3) is 0.308. The van der Waals surface area contributed by atoms with E-state index in [9.17, 15) is 9.59 Å². The van der Waals surface area contributed by atoms with Gasteiger partial charge in [-0.05, 0) is 12.1 Å². The molecule has 1 unspecified atom stereocenters. The maximum atomic E-state index is 12.5. The number of nitrogens with two attached hydrogens (primary N) is 1. The molecule has 0 radical (unpaired) electrons. The van der Waals surface area contributed by atoms with Crippen molar-refractivity contribution in [1.29, 1.82) is 0 Å². The summed E-state index contributed by atoms with van der Waals surface area (Å²) in [6.07, 6.45) is 1.70. The second-order valence-corrected chi connectivity index (χ2v) is 4.79. The van der Waals surface area contributed by atoms with Crippen molar-refractivity contribution in [1.82, 2.24) is 20.4 Å². The number of aromatic amines is 1. The quantitative estimate of drug-likeness (QED) is 0.683. The number of H-pyrrole nitrogens is 1. The highest BCUT2D eigenvalue weighted by Crippen LogP contribution is 2.16. The number of hydrogen-bond donors (Lipinski definition) is 3. The maximum absolute atomic E-state index is 12.5. The van der Waals surface area contributed by atoms with Crippen LogP contribution in [0.1, 0.15) is 10.4 Å². The van der Waals surface area contributed by atoms with E-state index in [0.29, 0.717) is 25.2 Å². The smallest absolute Gasteiger partial charge is 0.254 e. The van der Waals surface area contributed by atoms with Gasteiger partial charge in [0.15, 0.2) is 0 Å². The molecule has 0 spiro atoms. The Morgan fingerprint density at radius 1 is 1.40 bits per heavy atom. The summed E-state index contributed by atoms with van der Waals surface area (Å²) in [6, 6.07) is 4.70. The molecule has 1 aliphatic rings. The Morgan fingerprint density at radius 2 is 2.25 bits per heavy atom. The summed E-state index contributed by atoms with van der Waals surface area (Å²) in [5, 5.41) is 10.8. The highest BCUT2D eigenvalue weighted by atomic mass is 16.2. The molecule has 1 fully saturated rings. The number of piperazine rings is 1. The maximum Gasteiger partial charge on any atom is 0.254 e. The summed E-state index contributed by atoms with van der Waals surface area (Å²) in [4.78, 5) is 25.5. The van der Waals surface area contributed by atoms with Gasteiger partial charge in [0.25, 0.3) is 5.91 Å². The van der Waals surface area contributed by atoms with Crippen molar-refractivity contribution >= 4 is 22.7 Å². The summed E-state index contributed by atoms with van der Waals surface area (Å²) in [5.74, 6) is -0.681. The van der Waals surface area contributed by atoms with Crippen LogP contribution in [-0.4, -0.2) is 52.6 Å². The number of carbonyl (C=O) groups is 2. The molecule has 2 heterocycles. The molecule has 20 heavy (non-hydrogen) atoms. The molecule has 0 aliphatic carbocycles. The molecular formula is C13H15N5O2. The number of nitrogens with zero attached hydrogens (tertiary/aromatic N) is 2. The van der Waals surface area contributed by atoms with E-state index in [1.165, 1.54) is 4.90 Å². The average molecular weight is 273 g/mol. The standard InChI is InChI=1S/C13H15N5O2/c14-12(19)11-7-15-3-4-18(11)13(20)8-1-2-9-6-16-17-10(9)5-8/h1-2,5-6,11,15H,3-4,7H2,(H2,14,19)(H,16,17). The number of nitrogens with one attached hydrogen (secondary N) is 2. The van der Waals surface area contributed by atoms with E-state index in [1.807, 2.05) is 6.07 Å². The fourth-order valence-electron chi connectivity index (χ4n) is 2.44. The summed E-state index contributed by atoms with van der Waals surface area (Å²) >= 11 is 0. The largest absolute Gasteiger partial charge is 0.368 e. The third-order valence-corrected chi connectivity index (χ3v) is 3.52. The van der Waals surface area contributed by atoms with Crippen molar-refractivity contribution in [2.24, 2.45) is 5.73 Å². The van der Waals surface area contributed by atoms with Crippen LogP contribution in [0.15, 0.2) is 24.4 Å². The molecule has 1 saturated heterocycles. The minimum absolute atomic E-state index is 0.188. The van der Waals surface area contributed by atoms with Crippen LogP contribution in [0.4, 0.5) is 0 Å². The van der Waals surface area contributed by atoms with Gasteiger partial charge in [-0.2, -0.15) is 5.10 Å². The fourth-order valence-corrected chi connectivity index (χ4v) is 2.44. The average Bonchev–Trinajstić information content (AvgIpc) is 2.93. The zero-order valence-corrected chi connectivity index (χ0v) is 10.8. The highest BCUT2D eigenvalue weighted by Gasteiger charge is 2.31.